The van der Waals surface area contributed by atoms with Crippen molar-refractivity contribution in [2.24, 2.45) is 11.8 Å². The van der Waals surface area contributed by atoms with E-state index in [4.69, 9.17) is 5.11 Å². The number of hydrogen-bond donors (Lipinski definition) is 2. The Balaban J connectivity index is 1.92. The van der Waals surface area contributed by atoms with E-state index in [2.05, 4.69) is 26.0 Å². The molecule has 0 heterocycles. The Morgan fingerprint density at radius 2 is 1.92 bits per heavy atom. The standard InChI is InChI=1S/C22H30O4/c1-15-8-7-9-17(16(15)2)12-13-19-18(20(23)14-21(19)24)10-5-3-4-6-11-22(25)26/h7-9,12-13,18-19,21,24H,3-6,10-11,14H2,1-2H3,(H,25,26)/b13-12+. The number of benzene rings is 1. The third kappa shape index (κ3) is 5.53. The molecule has 26 heavy (non-hydrogen) atoms. The molecule has 1 fully saturated rings. The molecule has 0 radical (unpaired) electrons. The first-order valence-corrected chi connectivity index (χ1v) is 9.57. The highest BCUT2D eigenvalue weighted by Crippen LogP contribution is 2.35. The number of hydrogen-bond acceptors (Lipinski definition) is 3. The van der Waals surface area contributed by atoms with Crippen molar-refractivity contribution < 1.29 is 19.8 Å². The summed E-state index contributed by atoms with van der Waals surface area (Å²) >= 11 is 0. The van der Waals surface area contributed by atoms with Gasteiger partial charge in [0.2, 0.25) is 0 Å². The van der Waals surface area contributed by atoms with Crippen molar-refractivity contribution in [3.05, 3.63) is 41.0 Å². The molecule has 2 N–H and O–H groups in total. The lowest BCUT2D eigenvalue weighted by Crippen LogP contribution is -2.18. The van der Waals surface area contributed by atoms with E-state index in [9.17, 15) is 14.7 Å². The van der Waals surface area contributed by atoms with Gasteiger partial charge in [0.15, 0.2) is 0 Å². The minimum Gasteiger partial charge on any atom is -0.481 e. The number of unbranched alkanes of at least 4 members (excludes halogenated alkanes) is 3. The molecule has 142 valence electrons. The number of Topliss-reactive ketones (excluding diaryl/α,β-unsaturated/α-hetero) is 1. The molecule has 2 rings (SSSR count). The van der Waals surface area contributed by atoms with Gasteiger partial charge in [0.05, 0.1) is 6.10 Å². The molecule has 0 aromatic heterocycles. The van der Waals surface area contributed by atoms with E-state index in [0.29, 0.717) is 6.42 Å². The number of aryl methyl sites for hydroxylation is 1. The molecule has 0 bridgehead atoms. The van der Waals surface area contributed by atoms with Crippen LogP contribution in [0.4, 0.5) is 0 Å². The zero-order valence-corrected chi connectivity index (χ0v) is 15.8. The van der Waals surface area contributed by atoms with Crippen LogP contribution in [0.2, 0.25) is 0 Å². The SMILES string of the molecule is Cc1cccc(/C=C/C2C(O)CC(=O)C2CCCCCCC(=O)O)c1C. The normalized spacial score (nSPS) is 23.0. The topological polar surface area (TPSA) is 74.6 Å². The minimum absolute atomic E-state index is 0.120. The highest BCUT2D eigenvalue weighted by molar-refractivity contribution is 5.85. The number of carboxylic acid groups (broad SMARTS) is 1. The van der Waals surface area contributed by atoms with Gasteiger partial charge < -0.3 is 10.2 Å². The molecule has 0 spiro atoms. The number of aliphatic carboxylic acids is 1. The van der Waals surface area contributed by atoms with Crippen LogP contribution in [-0.4, -0.2) is 28.1 Å². The second kappa shape index (κ2) is 9.67. The lowest BCUT2D eigenvalue weighted by atomic mass is 9.88. The molecule has 3 atom stereocenters. The first kappa shape index (κ1) is 20.4. The molecule has 1 saturated carbocycles. The second-order valence-corrected chi connectivity index (χ2v) is 7.42. The third-order valence-corrected chi connectivity index (χ3v) is 5.53. The van der Waals surface area contributed by atoms with Crippen LogP contribution >= 0.6 is 0 Å². The van der Waals surface area contributed by atoms with Crippen molar-refractivity contribution in [1.82, 2.24) is 0 Å². The highest BCUT2D eigenvalue weighted by atomic mass is 16.4. The van der Waals surface area contributed by atoms with Crippen LogP contribution in [0.5, 0.6) is 0 Å². The number of aliphatic hydroxyl groups is 1. The summed E-state index contributed by atoms with van der Waals surface area (Å²) in [6.45, 7) is 4.16. The van der Waals surface area contributed by atoms with Crippen LogP contribution in [0.25, 0.3) is 6.08 Å². The zero-order chi connectivity index (χ0) is 19.1. The van der Waals surface area contributed by atoms with Crippen LogP contribution in [0, 0.1) is 25.7 Å². The predicted octanol–water partition coefficient (Wildman–Crippen LogP) is 4.31. The Hall–Kier alpha value is -1.94. The summed E-state index contributed by atoms with van der Waals surface area (Å²) < 4.78 is 0. The van der Waals surface area contributed by atoms with Gasteiger partial charge in [-0.1, -0.05) is 49.6 Å². The van der Waals surface area contributed by atoms with Crippen molar-refractivity contribution in [3.63, 3.8) is 0 Å². The number of carboxylic acids is 1. The van der Waals surface area contributed by atoms with E-state index < -0.39 is 12.1 Å². The van der Waals surface area contributed by atoms with Gasteiger partial charge in [-0.2, -0.15) is 0 Å². The van der Waals surface area contributed by atoms with Gasteiger partial charge in [-0.3, -0.25) is 9.59 Å². The molecule has 0 amide bonds. The van der Waals surface area contributed by atoms with E-state index in [1.807, 2.05) is 18.2 Å². The molecule has 1 aliphatic rings. The van der Waals surface area contributed by atoms with Crippen LogP contribution in [0.15, 0.2) is 24.3 Å². The first-order chi connectivity index (χ1) is 12.4. The fourth-order valence-corrected chi connectivity index (χ4v) is 3.76. The first-order valence-electron chi connectivity index (χ1n) is 9.57. The molecule has 4 nitrogen and oxygen atoms in total. The number of carbonyl (C=O) groups excluding carboxylic acids is 1. The summed E-state index contributed by atoms with van der Waals surface area (Å²) in [5, 5.41) is 18.9. The number of rotatable bonds is 9. The Bertz CT molecular complexity index is 662. The maximum absolute atomic E-state index is 12.3. The van der Waals surface area contributed by atoms with Crippen LogP contribution in [0.3, 0.4) is 0 Å². The monoisotopic (exact) mass is 358 g/mol. The van der Waals surface area contributed by atoms with Gasteiger partial charge in [0, 0.05) is 24.7 Å². The van der Waals surface area contributed by atoms with Gasteiger partial charge in [0.25, 0.3) is 0 Å². The molecule has 1 aliphatic carbocycles. The van der Waals surface area contributed by atoms with Gasteiger partial charge in [0.1, 0.15) is 5.78 Å². The summed E-state index contributed by atoms with van der Waals surface area (Å²) in [5.41, 5.74) is 3.58. The smallest absolute Gasteiger partial charge is 0.303 e. The molecule has 1 aromatic rings. The predicted molar refractivity (Wildman–Crippen MR) is 103 cm³/mol. The summed E-state index contributed by atoms with van der Waals surface area (Å²) in [7, 11) is 0. The van der Waals surface area contributed by atoms with Crippen molar-refractivity contribution in [3.8, 4) is 0 Å². The lowest BCUT2D eigenvalue weighted by Gasteiger charge is -2.17. The van der Waals surface area contributed by atoms with E-state index >= 15 is 0 Å². The van der Waals surface area contributed by atoms with Crippen LogP contribution in [-0.2, 0) is 9.59 Å². The lowest BCUT2D eigenvalue weighted by molar-refractivity contribution is -0.137. The van der Waals surface area contributed by atoms with Gasteiger partial charge in [-0.25, -0.2) is 0 Å². The fourth-order valence-electron chi connectivity index (χ4n) is 3.76. The van der Waals surface area contributed by atoms with Crippen molar-refractivity contribution >= 4 is 17.8 Å². The summed E-state index contributed by atoms with van der Waals surface area (Å²) in [6, 6.07) is 6.15. The van der Waals surface area contributed by atoms with Gasteiger partial charge >= 0.3 is 5.97 Å². The Morgan fingerprint density at radius 1 is 1.19 bits per heavy atom. The number of ketones is 1. The average molecular weight is 358 g/mol. The maximum atomic E-state index is 12.3. The molecular weight excluding hydrogens is 328 g/mol. The zero-order valence-electron chi connectivity index (χ0n) is 15.8. The van der Waals surface area contributed by atoms with E-state index in [1.54, 1.807) is 0 Å². The number of aliphatic hydroxyl groups excluding tert-OH is 1. The quantitative estimate of drug-likeness (QED) is 0.645. The minimum atomic E-state index is -0.754. The number of carbonyl (C=O) groups is 2. The van der Waals surface area contributed by atoms with Gasteiger partial charge in [-0.15, -0.1) is 0 Å². The molecule has 3 unspecified atom stereocenters. The fraction of sp³-hybridized carbons (Fsp3) is 0.545. The van der Waals surface area contributed by atoms with Crippen molar-refractivity contribution in [1.29, 1.82) is 0 Å². The molecule has 1 aromatic carbocycles. The Morgan fingerprint density at radius 3 is 2.65 bits per heavy atom. The van der Waals surface area contributed by atoms with Crippen molar-refractivity contribution in [2.45, 2.75) is 64.9 Å². The van der Waals surface area contributed by atoms with E-state index in [-0.39, 0.29) is 30.5 Å². The summed E-state index contributed by atoms with van der Waals surface area (Å²) in [4.78, 5) is 22.8. The maximum Gasteiger partial charge on any atom is 0.303 e. The Labute approximate surface area is 155 Å². The Kier molecular flexibility index (Phi) is 7.58. The molecule has 0 aliphatic heterocycles. The average Bonchev–Trinajstić information content (AvgIpc) is 2.85. The summed E-state index contributed by atoms with van der Waals surface area (Å²) in [5.74, 6) is -0.846. The largest absolute Gasteiger partial charge is 0.481 e. The van der Waals surface area contributed by atoms with Gasteiger partial charge in [-0.05, 0) is 43.4 Å². The van der Waals surface area contributed by atoms with E-state index in [1.165, 1.54) is 11.1 Å². The third-order valence-electron chi connectivity index (χ3n) is 5.53. The second-order valence-electron chi connectivity index (χ2n) is 7.42. The molecule has 4 heteroatoms. The molecular formula is C22H30O4. The van der Waals surface area contributed by atoms with Crippen LogP contribution in [0.1, 0.15) is 61.6 Å². The van der Waals surface area contributed by atoms with Crippen LogP contribution < -0.4 is 0 Å². The van der Waals surface area contributed by atoms with E-state index in [0.717, 1.165) is 31.2 Å². The highest BCUT2D eigenvalue weighted by Gasteiger charge is 2.39. The summed E-state index contributed by atoms with van der Waals surface area (Å²) in [6.07, 6.45) is 8.06. The molecule has 0 saturated heterocycles. The van der Waals surface area contributed by atoms with Crippen molar-refractivity contribution in [2.75, 3.05) is 0 Å².